The Labute approximate surface area is 118 Å². The Kier molecular flexibility index (Phi) is 4.14. The van der Waals surface area contributed by atoms with Gasteiger partial charge in [-0.05, 0) is 31.4 Å². The molecule has 1 aliphatic rings. The van der Waals surface area contributed by atoms with Gasteiger partial charge in [-0.15, -0.1) is 0 Å². The van der Waals surface area contributed by atoms with Gasteiger partial charge in [0.2, 0.25) is 5.91 Å². The van der Waals surface area contributed by atoms with Crippen molar-refractivity contribution in [1.82, 2.24) is 4.98 Å². The van der Waals surface area contributed by atoms with Crippen LogP contribution in [-0.4, -0.2) is 15.9 Å². The first kappa shape index (κ1) is 13.9. The molecule has 1 aromatic heterocycles. The molecule has 0 spiro atoms. The molecule has 0 saturated heterocycles. The maximum Gasteiger partial charge on any atom is 0.237 e. The second-order valence-corrected chi connectivity index (χ2v) is 5.59. The summed E-state index contributed by atoms with van der Waals surface area (Å²) < 4.78 is 0. The minimum absolute atomic E-state index is 0.0872. The largest absolute Gasteiger partial charge is 0.392 e. The van der Waals surface area contributed by atoms with Gasteiger partial charge in [0.15, 0.2) is 0 Å². The number of rotatable bonds is 3. The lowest BCUT2D eigenvalue weighted by Gasteiger charge is -2.34. The number of thiocarbonyl (C=S) groups is 1. The molecule has 0 bridgehead atoms. The fourth-order valence-electron chi connectivity index (χ4n) is 2.58. The summed E-state index contributed by atoms with van der Waals surface area (Å²) in [7, 11) is 0. The van der Waals surface area contributed by atoms with Gasteiger partial charge in [-0.3, -0.25) is 9.78 Å². The zero-order valence-electron chi connectivity index (χ0n) is 11.1. The standard InChI is InChI=1S/C14H19N3OS/c1-10-5-8-16-9-11(10)17-13(18)14(12(15)19)6-3-2-4-7-14/h5,8-9H,2-4,6-7H2,1H3,(H2,15,19)(H,17,18). The summed E-state index contributed by atoms with van der Waals surface area (Å²) in [5.74, 6) is -0.0872. The van der Waals surface area contributed by atoms with E-state index >= 15 is 0 Å². The third-order valence-corrected chi connectivity index (χ3v) is 4.29. The molecule has 1 saturated carbocycles. The van der Waals surface area contributed by atoms with Gasteiger partial charge in [0, 0.05) is 6.20 Å². The van der Waals surface area contributed by atoms with E-state index in [9.17, 15) is 4.79 Å². The summed E-state index contributed by atoms with van der Waals surface area (Å²) in [6, 6.07) is 1.87. The molecule has 5 heteroatoms. The number of aromatic nitrogens is 1. The summed E-state index contributed by atoms with van der Waals surface area (Å²) in [4.78, 5) is 16.9. The molecule has 4 nitrogen and oxygen atoms in total. The number of amides is 1. The van der Waals surface area contributed by atoms with Crippen LogP contribution in [0.1, 0.15) is 37.7 Å². The maximum atomic E-state index is 12.6. The molecular formula is C14H19N3OS. The van der Waals surface area contributed by atoms with Crippen molar-refractivity contribution >= 4 is 28.8 Å². The Hall–Kier alpha value is -1.49. The van der Waals surface area contributed by atoms with Gasteiger partial charge in [-0.25, -0.2) is 0 Å². The van der Waals surface area contributed by atoms with Crippen LogP contribution in [0, 0.1) is 12.3 Å². The number of carbonyl (C=O) groups excluding carboxylic acids is 1. The Bertz CT molecular complexity index is 495. The minimum Gasteiger partial charge on any atom is -0.392 e. The van der Waals surface area contributed by atoms with Crippen molar-refractivity contribution in [3.8, 4) is 0 Å². The fraction of sp³-hybridized carbons (Fsp3) is 0.500. The van der Waals surface area contributed by atoms with Crippen molar-refractivity contribution in [3.05, 3.63) is 24.0 Å². The van der Waals surface area contributed by atoms with Crippen LogP contribution < -0.4 is 11.1 Å². The van der Waals surface area contributed by atoms with Gasteiger partial charge in [0.1, 0.15) is 0 Å². The topological polar surface area (TPSA) is 68.0 Å². The molecular weight excluding hydrogens is 258 g/mol. The second kappa shape index (κ2) is 5.65. The van der Waals surface area contributed by atoms with E-state index in [1.165, 1.54) is 0 Å². The number of pyridine rings is 1. The first-order valence-corrected chi connectivity index (χ1v) is 6.99. The molecule has 0 aliphatic heterocycles. The van der Waals surface area contributed by atoms with Crippen LogP contribution in [0.5, 0.6) is 0 Å². The fourth-order valence-corrected chi connectivity index (χ4v) is 2.87. The Balaban J connectivity index is 2.21. The Morgan fingerprint density at radius 3 is 2.68 bits per heavy atom. The van der Waals surface area contributed by atoms with Crippen LogP contribution in [-0.2, 0) is 4.79 Å². The molecule has 1 aromatic rings. The molecule has 0 atom stereocenters. The van der Waals surface area contributed by atoms with Gasteiger partial charge >= 0.3 is 0 Å². The number of nitrogens with one attached hydrogen (secondary N) is 1. The molecule has 1 fully saturated rings. The zero-order valence-corrected chi connectivity index (χ0v) is 11.9. The SMILES string of the molecule is Cc1ccncc1NC(=O)C1(C(N)=S)CCCCC1. The van der Waals surface area contributed by atoms with E-state index in [1.807, 2.05) is 13.0 Å². The van der Waals surface area contributed by atoms with Crippen LogP contribution in [0.15, 0.2) is 18.5 Å². The van der Waals surface area contributed by atoms with E-state index in [4.69, 9.17) is 18.0 Å². The lowest BCUT2D eigenvalue weighted by molar-refractivity contribution is -0.123. The van der Waals surface area contributed by atoms with E-state index in [1.54, 1.807) is 12.4 Å². The molecule has 0 radical (unpaired) electrons. The highest BCUT2D eigenvalue weighted by Crippen LogP contribution is 2.38. The summed E-state index contributed by atoms with van der Waals surface area (Å²) in [5, 5.41) is 2.93. The number of hydrogen-bond donors (Lipinski definition) is 2. The van der Waals surface area contributed by atoms with E-state index < -0.39 is 5.41 Å². The number of nitrogens with zero attached hydrogens (tertiary/aromatic N) is 1. The van der Waals surface area contributed by atoms with Crippen molar-refractivity contribution < 1.29 is 4.79 Å². The summed E-state index contributed by atoms with van der Waals surface area (Å²) in [6.45, 7) is 1.94. The van der Waals surface area contributed by atoms with E-state index in [-0.39, 0.29) is 5.91 Å². The first-order valence-electron chi connectivity index (χ1n) is 6.58. The van der Waals surface area contributed by atoms with Gasteiger partial charge in [0.25, 0.3) is 0 Å². The van der Waals surface area contributed by atoms with Crippen LogP contribution >= 0.6 is 12.2 Å². The van der Waals surface area contributed by atoms with E-state index in [0.717, 1.165) is 43.4 Å². The summed E-state index contributed by atoms with van der Waals surface area (Å²) in [5.41, 5.74) is 6.88. The van der Waals surface area contributed by atoms with Crippen LogP contribution in [0.25, 0.3) is 0 Å². The van der Waals surface area contributed by atoms with Crippen molar-refractivity contribution in [2.24, 2.45) is 11.1 Å². The number of carbonyl (C=O) groups is 1. The average Bonchev–Trinajstić information content (AvgIpc) is 2.42. The minimum atomic E-state index is -0.685. The normalized spacial score (nSPS) is 17.7. The van der Waals surface area contributed by atoms with E-state index in [0.29, 0.717) is 4.99 Å². The van der Waals surface area contributed by atoms with Gasteiger partial charge in [-0.2, -0.15) is 0 Å². The third kappa shape index (κ3) is 2.76. The van der Waals surface area contributed by atoms with Crippen LogP contribution in [0.3, 0.4) is 0 Å². The smallest absolute Gasteiger partial charge is 0.237 e. The first-order chi connectivity index (χ1) is 9.06. The van der Waals surface area contributed by atoms with Gasteiger partial charge in [0.05, 0.1) is 22.3 Å². The third-order valence-electron chi connectivity index (χ3n) is 3.90. The summed E-state index contributed by atoms with van der Waals surface area (Å²) >= 11 is 5.15. The lowest BCUT2D eigenvalue weighted by atomic mass is 9.73. The molecule has 1 amide bonds. The molecule has 1 aliphatic carbocycles. The number of hydrogen-bond acceptors (Lipinski definition) is 3. The summed E-state index contributed by atoms with van der Waals surface area (Å²) in [6.07, 6.45) is 7.98. The molecule has 19 heavy (non-hydrogen) atoms. The predicted molar refractivity (Wildman–Crippen MR) is 79.9 cm³/mol. The maximum absolute atomic E-state index is 12.6. The van der Waals surface area contributed by atoms with Gasteiger partial charge < -0.3 is 11.1 Å². The van der Waals surface area contributed by atoms with E-state index in [2.05, 4.69) is 10.3 Å². The molecule has 3 N–H and O–H groups in total. The van der Waals surface area contributed by atoms with Crippen molar-refractivity contribution in [2.45, 2.75) is 39.0 Å². The highest BCUT2D eigenvalue weighted by atomic mass is 32.1. The Morgan fingerprint density at radius 2 is 2.11 bits per heavy atom. The predicted octanol–water partition coefficient (Wildman–Crippen LogP) is 2.57. The highest BCUT2D eigenvalue weighted by molar-refractivity contribution is 7.80. The van der Waals surface area contributed by atoms with Crippen molar-refractivity contribution in [2.75, 3.05) is 5.32 Å². The van der Waals surface area contributed by atoms with Crippen LogP contribution in [0.2, 0.25) is 0 Å². The zero-order chi connectivity index (χ0) is 13.9. The monoisotopic (exact) mass is 277 g/mol. The quantitative estimate of drug-likeness (QED) is 0.833. The molecule has 0 aromatic carbocycles. The number of anilines is 1. The molecule has 1 heterocycles. The Morgan fingerprint density at radius 1 is 1.42 bits per heavy atom. The molecule has 0 unspecified atom stereocenters. The second-order valence-electron chi connectivity index (χ2n) is 5.15. The van der Waals surface area contributed by atoms with Crippen LogP contribution in [0.4, 0.5) is 5.69 Å². The molecule has 2 rings (SSSR count). The molecule has 102 valence electrons. The van der Waals surface area contributed by atoms with Crippen molar-refractivity contribution in [1.29, 1.82) is 0 Å². The average molecular weight is 277 g/mol. The lowest BCUT2D eigenvalue weighted by Crippen LogP contribution is -2.47. The highest BCUT2D eigenvalue weighted by Gasteiger charge is 2.42. The van der Waals surface area contributed by atoms with Crippen molar-refractivity contribution in [3.63, 3.8) is 0 Å². The number of aryl methyl sites for hydroxylation is 1. The van der Waals surface area contributed by atoms with Gasteiger partial charge in [-0.1, -0.05) is 31.5 Å². The number of nitrogens with two attached hydrogens (primary N) is 1.